The summed E-state index contributed by atoms with van der Waals surface area (Å²) in [5.41, 5.74) is 8.31. The molecule has 1 aromatic rings. The number of benzene rings is 1. The zero-order valence-corrected chi connectivity index (χ0v) is 18.7. The van der Waals surface area contributed by atoms with Gasteiger partial charge in [-0.05, 0) is 62.0 Å². The molecule has 3 atom stereocenters. The molecule has 3 fully saturated rings. The van der Waals surface area contributed by atoms with Crippen LogP contribution in [0, 0.1) is 11.8 Å². The molecule has 0 radical (unpaired) electrons. The highest BCUT2D eigenvalue weighted by Crippen LogP contribution is 2.43. The Bertz CT molecular complexity index is 895. The average molecular weight is 439 g/mol. The highest BCUT2D eigenvalue weighted by molar-refractivity contribution is 5.94. The van der Waals surface area contributed by atoms with Gasteiger partial charge < -0.3 is 20.9 Å². The summed E-state index contributed by atoms with van der Waals surface area (Å²) in [5.74, 6) is 0.0413. The summed E-state index contributed by atoms with van der Waals surface area (Å²) in [6, 6.07) is 7.83. The fourth-order valence-corrected chi connectivity index (χ4v) is 6.22. The van der Waals surface area contributed by atoms with E-state index in [0.717, 1.165) is 44.1 Å². The van der Waals surface area contributed by atoms with Gasteiger partial charge in [-0.25, -0.2) is 0 Å². The second-order valence-corrected chi connectivity index (χ2v) is 10.0. The van der Waals surface area contributed by atoms with Gasteiger partial charge in [0.1, 0.15) is 6.04 Å². The van der Waals surface area contributed by atoms with Gasteiger partial charge in [0.25, 0.3) is 0 Å². The number of nitrogens with zero attached hydrogens (tertiary/aromatic N) is 2. The summed E-state index contributed by atoms with van der Waals surface area (Å²) in [7, 11) is 0. The lowest BCUT2D eigenvalue weighted by atomic mass is 9.86. The fraction of sp³-hybridized carbons (Fsp3) is 0.640. The standard InChI is InChI=1S/C25H34N4O3/c26-18-9-7-16(8-10-18)15-27-24(31)21-6-3-12-28(21)25(32)20-14-22(30)29-13-11-17-4-1-2-5-19(17)23(20)29/h1-2,4-5,16,18,20-21,23H,3,6-15,26H2,(H,27,31)/t16?,18?,20-,21-,23?/m0/s1. The van der Waals surface area contributed by atoms with Crippen LogP contribution in [0.2, 0.25) is 0 Å². The summed E-state index contributed by atoms with van der Waals surface area (Å²) in [6.07, 6.45) is 6.73. The molecule has 1 saturated carbocycles. The zero-order valence-electron chi connectivity index (χ0n) is 18.7. The highest BCUT2D eigenvalue weighted by Gasteiger charge is 2.49. The number of carbonyl (C=O) groups excluding carboxylic acids is 3. The van der Waals surface area contributed by atoms with Gasteiger partial charge in [-0.1, -0.05) is 24.3 Å². The van der Waals surface area contributed by atoms with Crippen molar-refractivity contribution >= 4 is 17.7 Å². The summed E-state index contributed by atoms with van der Waals surface area (Å²) in [5, 5.41) is 3.11. The lowest BCUT2D eigenvalue weighted by Crippen LogP contribution is -2.49. The van der Waals surface area contributed by atoms with Gasteiger partial charge in [0.2, 0.25) is 17.7 Å². The van der Waals surface area contributed by atoms with Crippen LogP contribution in [0.25, 0.3) is 0 Å². The van der Waals surface area contributed by atoms with Crippen molar-refractivity contribution in [2.24, 2.45) is 17.6 Å². The van der Waals surface area contributed by atoms with Crippen LogP contribution < -0.4 is 11.1 Å². The first kappa shape index (κ1) is 21.4. The van der Waals surface area contributed by atoms with Crippen LogP contribution in [0.1, 0.15) is 62.1 Å². The smallest absolute Gasteiger partial charge is 0.242 e. The van der Waals surface area contributed by atoms with E-state index < -0.39 is 12.0 Å². The minimum absolute atomic E-state index is 0.0381. The molecule has 3 amide bonds. The molecule has 3 aliphatic heterocycles. The van der Waals surface area contributed by atoms with Crippen molar-refractivity contribution in [2.45, 2.75) is 69.5 Å². The molecule has 1 aliphatic carbocycles. The lowest BCUT2D eigenvalue weighted by Gasteiger charge is -2.36. The van der Waals surface area contributed by atoms with Crippen LogP contribution >= 0.6 is 0 Å². The molecular weight excluding hydrogens is 404 g/mol. The van der Waals surface area contributed by atoms with Gasteiger partial charge in [-0.3, -0.25) is 14.4 Å². The SMILES string of the molecule is NC1CCC(CNC(=O)[C@@H]2CCCN2C(=O)[C@H]2CC(=O)N3CCc4ccccc4C23)CC1. The molecule has 0 bridgehead atoms. The van der Waals surface area contributed by atoms with Crippen molar-refractivity contribution in [1.29, 1.82) is 0 Å². The molecule has 3 N–H and O–H groups in total. The van der Waals surface area contributed by atoms with Crippen LogP contribution in [-0.2, 0) is 20.8 Å². The van der Waals surface area contributed by atoms with Crippen molar-refractivity contribution in [3.63, 3.8) is 0 Å². The normalized spacial score (nSPS) is 31.9. The van der Waals surface area contributed by atoms with E-state index in [1.165, 1.54) is 5.56 Å². The first-order valence-corrected chi connectivity index (χ1v) is 12.2. The molecule has 172 valence electrons. The first-order valence-electron chi connectivity index (χ1n) is 12.2. The Morgan fingerprint density at radius 1 is 1.06 bits per heavy atom. The van der Waals surface area contributed by atoms with Crippen molar-refractivity contribution in [2.75, 3.05) is 19.6 Å². The summed E-state index contributed by atoms with van der Waals surface area (Å²) >= 11 is 0. The fourth-order valence-electron chi connectivity index (χ4n) is 6.22. The monoisotopic (exact) mass is 438 g/mol. The van der Waals surface area contributed by atoms with Crippen molar-refractivity contribution in [1.82, 2.24) is 15.1 Å². The van der Waals surface area contributed by atoms with Gasteiger partial charge in [-0.2, -0.15) is 0 Å². The van der Waals surface area contributed by atoms with Crippen LogP contribution in [0.5, 0.6) is 0 Å². The van der Waals surface area contributed by atoms with Crippen LogP contribution in [0.15, 0.2) is 24.3 Å². The molecule has 5 rings (SSSR count). The number of nitrogens with two attached hydrogens (primary N) is 1. The number of likely N-dealkylation sites (tertiary alicyclic amines) is 1. The zero-order chi connectivity index (χ0) is 22.2. The molecule has 0 spiro atoms. The highest BCUT2D eigenvalue weighted by atomic mass is 16.2. The lowest BCUT2D eigenvalue weighted by molar-refractivity contribution is -0.142. The maximum atomic E-state index is 13.7. The Labute approximate surface area is 189 Å². The Hall–Kier alpha value is -2.41. The van der Waals surface area contributed by atoms with E-state index in [9.17, 15) is 14.4 Å². The number of rotatable bonds is 4. The van der Waals surface area contributed by atoms with E-state index >= 15 is 0 Å². The quantitative estimate of drug-likeness (QED) is 0.749. The third-order valence-electron chi connectivity index (χ3n) is 8.04. The Morgan fingerprint density at radius 2 is 1.84 bits per heavy atom. The van der Waals surface area contributed by atoms with E-state index in [0.29, 0.717) is 38.0 Å². The molecule has 1 unspecified atom stereocenters. The number of amides is 3. The Balaban J connectivity index is 1.27. The number of nitrogens with one attached hydrogen (secondary N) is 1. The maximum Gasteiger partial charge on any atom is 0.242 e. The second-order valence-electron chi connectivity index (χ2n) is 10.0. The van der Waals surface area contributed by atoms with Gasteiger partial charge in [-0.15, -0.1) is 0 Å². The third kappa shape index (κ3) is 3.91. The average Bonchev–Trinajstić information content (AvgIpc) is 3.43. The summed E-state index contributed by atoms with van der Waals surface area (Å²) in [4.78, 5) is 43.1. The van der Waals surface area contributed by atoms with E-state index in [2.05, 4.69) is 17.4 Å². The van der Waals surface area contributed by atoms with Crippen molar-refractivity contribution < 1.29 is 14.4 Å². The maximum absolute atomic E-state index is 13.7. The largest absolute Gasteiger partial charge is 0.354 e. The molecule has 4 aliphatic rings. The van der Waals surface area contributed by atoms with Crippen molar-refractivity contribution in [3.8, 4) is 0 Å². The Kier molecular flexibility index (Phi) is 5.93. The molecule has 3 heterocycles. The van der Waals surface area contributed by atoms with Crippen LogP contribution in [0.4, 0.5) is 0 Å². The van der Waals surface area contributed by atoms with E-state index in [1.807, 2.05) is 17.0 Å². The van der Waals surface area contributed by atoms with Crippen LogP contribution in [0.3, 0.4) is 0 Å². The molecule has 7 nitrogen and oxygen atoms in total. The number of hydrogen-bond donors (Lipinski definition) is 2. The molecule has 32 heavy (non-hydrogen) atoms. The minimum Gasteiger partial charge on any atom is -0.354 e. The number of carbonyl (C=O) groups is 3. The van der Waals surface area contributed by atoms with E-state index in [1.54, 1.807) is 4.90 Å². The number of fused-ring (bicyclic) bond motifs is 3. The van der Waals surface area contributed by atoms with E-state index in [-0.39, 0.29) is 30.2 Å². The van der Waals surface area contributed by atoms with Gasteiger partial charge in [0.05, 0.1) is 12.0 Å². The van der Waals surface area contributed by atoms with Gasteiger partial charge in [0.15, 0.2) is 0 Å². The van der Waals surface area contributed by atoms with Crippen LogP contribution in [-0.4, -0.2) is 59.2 Å². The predicted octanol–water partition coefficient (Wildman–Crippen LogP) is 1.76. The Morgan fingerprint density at radius 3 is 2.66 bits per heavy atom. The molecule has 7 heteroatoms. The van der Waals surface area contributed by atoms with Gasteiger partial charge in [0, 0.05) is 32.1 Å². The van der Waals surface area contributed by atoms with Gasteiger partial charge >= 0.3 is 0 Å². The molecule has 0 aromatic heterocycles. The summed E-state index contributed by atoms with van der Waals surface area (Å²) in [6.45, 7) is 1.92. The summed E-state index contributed by atoms with van der Waals surface area (Å²) < 4.78 is 0. The molecular formula is C25H34N4O3. The second kappa shape index (κ2) is 8.85. The number of hydrogen-bond acceptors (Lipinski definition) is 4. The molecule has 2 saturated heterocycles. The molecule has 1 aromatic carbocycles. The predicted molar refractivity (Wildman–Crippen MR) is 120 cm³/mol. The van der Waals surface area contributed by atoms with E-state index in [4.69, 9.17) is 5.73 Å². The first-order chi connectivity index (χ1) is 15.5. The van der Waals surface area contributed by atoms with Crippen molar-refractivity contribution in [3.05, 3.63) is 35.4 Å². The third-order valence-corrected chi connectivity index (χ3v) is 8.04. The minimum atomic E-state index is -0.420. The topological polar surface area (TPSA) is 95.7 Å².